The molecule has 2 heterocycles. The number of nitrogens with one attached hydrogen (secondary N) is 1. The maximum atomic E-state index is 13.4. The molecule has 30 heavy (non-hydrogen) atoms. The van der Waals surface area contributed by atoms with Crippen LogP contribution in [0.2, 0.25) is 0 Å². The minimum absolute atomic E-state index is 0.165. The number of benzene rings is 2. The summed E-state index contributed by atoms with van der Waals surface area (Å²) in [6, 6.07) is 9.27. The van der Waals surface area contributed by atoms with Crippen LogP contribution in [0.25, 0.3) is 0 Å². The first-order chi connectivity index (χ1) is 14.3. The predicted molar refractivity (Wildman–Crippen MR) is 110 cm³/mol. The number of sulfonamides is 1. The van der Waals surface area contributed by atoms with Gasteiger partial charge in [0.05, 0.1) is 4.90 Å². The summed E-state index contributed by atoms with van der Waals surface area (Å²) in [4.78, 5) is 26.6. The number of hydrogen-bond donors (Lipinski definition) is 1. The third-order valence-electron chi connectivity index (χ3n) is 5.47. The molecule has 0 saturated carbocycles. The average molecular weight is 431 g/mol. The molecule has 4 rings (SSSR count). The van der Waals surface area contributed by atoms with E-state index in [4.69, 9.17) is 0 Å². The fourth-order valence-electron chi connectivity index (χ4n) is 4.06. The first kappa shape index (κ1) is 20.5. The molecule has 1 atom stereocenters. The Morgan fingerprint density at radius 3 is 2.50 bits per heavy atom. The summed E-state index contributed by atoms with van der Waals surface area (Å²) >= 11 is 0. The maximum Gasteiger partial charge on any atom is 0.247 e. The van der Waals surface area contributed by atoms with Gasteiger partial charge in [0.25, 0.3) is 0 Å². The van der Waals surface area contributed by atoms with Gasteiger partial charge in [-0.3, -0.25) is 14.5 Å². The molecule has 2 aliphatic rings. The number of fused-ring (bicyclic) bond motifs is 1. The quantitative estimate of drug-likeness (QED) is 0.806. The smallest absolute Gasteiger partial charge is 0.247 e. The molecule has 7 nitrogen and oxygen atoms in total. The third kappa shape index (κ3) is 3.70. The van der Waals surface area contributed by atoms with E-state index in [-0.39, 0.29) is 22.9 Å². The highest BCUT2D eigenvalue weighted by molar-refractivity contribution is 7.89. The molecule has 2 amide bonds. The Labute approximate surface area is 174 Å². The molecule has 1 N–H and O–H groups in total. The Balaban J connectivity index is 1.62. The number of amides is 2. The molecule has 1 fully saturated rings. The molecule has 0 aliphatic carbocycles. The molecule has 2 aliphatic heterocycles. The van der Waals surface area contributed by atoms with Gasteiger partial charge < -0.3 is 5.32 Å². The van der Waals surface area contributed by atoms with Gasteiger partial charge in [-0.2, -0.15) is 4.31 Å². The zero-order valence-electron chi connectivity index (χ0n) is 16.5. The Hall–Kier alpha value is -2.78. The summed E-state index contributed by atoms with van der Waals surface area (Å²) in [5.74, 6) is -1.28. The van der Waals surface area contributed by atoms with Gasteiger partial charge in [-0.05, 0) is 54.8 Å². The second-order valence-electron chi connectivity index (χ2n) is 7.51. The van der Waals surface area contributed by atoms with Crippen LogP contribution in [0.3, 0.4) is 0 Å². The van der Waals surface area contributed by atoms with Gasteiger partial charge in [-0.15, -0.1) is 0 Å². The van der Waals surface area contributed by atoms with Gasteiger partial charge in [0.1, 0.15) is 11.9 Å². The fraction of sp³-hybridized carbons (Fsp3) is 0.333. The van der Waals surface area contributed by atoms with Crippen molar-refractivity contribution in [1.29, 1.82) is 0 Å². The minimum atomic E-state index is -3.60. The first-order valence-electron chi connectivity index (χ1n) is 9.77. The van der Waals surface area contributed by atoms with E-state index in [9.17, 15) is 22.4 Å². The Kier molecular flexibility index (Phi) is 5.33. The van der Waals surface area contributed by atoms with E-state index in [1.165, 1.54) is 40.4 Å². The minimum Gasteiger partial charge on any atom is -0.324 e. The zero-order chi connectivity index (χ0) is 21.5. The van der Waals surface area contributed by atoms with Crippen LogP contribution in [0.5, 0.6) is 0 Å². The van der Waals surface area contributed by atoms with E-state index in [2.05, 4.69) is 5.32 Å². The van der Waals surface area contributed by atoms with Crippen LogP contribution in [0.1, 0.15) is 25.3 Å². The van der Waals surface area contributed by atoms with Crippen molar-refractivity contribution >= 4 is 33.2 Å². The van der Waals surface area contributed by atoms with E-state index >= 15 is 0 Å². The summed E-state index contributed by atoms with van der Waals surface area (Å²) in [7, 11) is -3.60. The third-order valence-corrected chi connectivity index (χ3v) is 7.37. The first-order valence-corrected chi connectivity index (χ1v) is 11.2. The molecule has 2 aromatic carbocycles. The molecule has 158 valence electrons. The number of hydrogen-bond acceptors (Lipinski definition) is 4. The van der Waals surface area contributed by atoms with E-state index in [1.54, 1.807) is 18.2 Å². The lowest BCUT2D eigenvalue weighted by atomic mass is 10.1. The number of nitrogens with zero attached hydrogens (tertiary/aromatic N) is 2. The average Bonchev–Trinajstić information content (AvgIpc) is 3.35. The molecule has 9 heteroatoms. The van der Waals surface area contributed by atoms with Crippen molar-refractivity contribution in [3.8, 4) is 0 Å². The maximum absolute atomic E-state index is 13.4. The lowest BCUT2D eigenvalue weighted by molar-refractivity contribution is -0.122. The molecule has 0 aromatic heterocycles. The molecular formula is C21H22FN3O4S. The van der Waals surface area contributed by atoms with Crippen LogP contribution in [-0.4, -0.2) is 43.7 Å². The highest BCUT2D eigenvalue weighted by atomic mass is 32.2. The van der Waals surface area contributed by atoms with Crippen molar-refractivity contribution in [2.45, 2.75) is 37.1 Å². The number of rotatable bonds is 4. The molecule has 0 radical (unpaired) electrons. The molecule has 2 aromatic rings. The number of halogens is 1. The summed E-state index contributed by atoms with van der Waals surface area (Å²) in [5.41, 5.74) is 1.42. The van der Waals surface area contributed by atoms with Gasteiger partial charge in [0.2, 0.25) is 21.8 Å². The fourth-order valence-corrected chi connectivity index (χ4v) is 5.62. The highest BCUT2D eigenvalue weighted by Gasteiger charge is 2.38. The van der Waals surface area contributed by atoms with Crippen LogP contribution in [0, 0.1) is 5.82 Å². The summed E-state index contributed by atoms with van der Waals surface area (Å²) < 4.78 is 40.6. The van der Waals surface area contributed by atoms with E-state index in [0.717, 1.165) is 12.8 Å². The normalized spacial score (nSPS) is 19.0. The zero-order valence-corrected chi connectivity index (χ0v) is 17.3. The summed E-state index contributed by atoms with van der Waals surface area (Å²) in [6.45, 7) is 2.35. The largest absolute Gasteiger partial charge is 0.324 e. The van der Waals surface area contributed by atoms with Gasteiger partial charge in [0.15, 0.2) is 0 Å². The second kappa shape index (κ2) is 7.81. The van der Waals surface area contributed by atoms with Crippen molar-refractivity contribution in [1.82, 2.24) is 4.31 Å². The van der Waals surface area contributed by atoms with E-state index < -0.39 is 27.8 Å². The SMILES string of the molecule is CC(=O)N1c2ccc(S(=O)(=O)N3CCCC3)cc2C[C@@H]1C(=O)Nc1cccc(F)c1. The van der Waals surface area contributed by atoms with Crippen LogP contribution in [0.15, 0.2) is 47.4 Å². The summed E-state index contributed by atoms with van der Waals surface area (Å²) in [5, 5.41) is 2.63. The standard InChI is InChI=1S/C21H22FN3O4S/c1-14(26)25-19-8-7-18(30(28,29)24-9-2-3-10-24)11-15(19)12-20(25)21(27)23-17-6-4-5-16(22)13-17/h4-8,11,13,20H,2-3,9-10,12H2,1H3,(H,23,27)/t20-/m1/s1. The van der Waals surface area contributed by atoms with Gasteiger partial charge in [0, 0.05) is 37.8 Å². The predicted octanol–water partition coefficient (Wildman–Crippen LogP) is 2.53. The lowest BCUT2D eigenvalue weighted by Gasteiger charge is -2.23. The molecule has 0 spiro atoms. The van der Waals surface area contributed by atoms with Crippen LogP contribution < -0.4 is 10.2 Å². The van der Waals surface area contributed by atoms with E-state index in [0.29, 0.717) is 24.3 Å². The topological polar surface area (TPSA) is 86.8 Å². The van der Waals surface area contributed by atoms with Gasteiger partial charge >= 0.3 is 0 Å². The molecule has 0 unspecified atom stereocenters. The second-order valence-corrected chi connectivity index (χ2v) is 9.45. The Bertz CT molecular complexity index is 1110. The van der Waals surface area contributed by atoms with Crippen molar-refractivity contribution in [2.75, 3.05) is 23.3 Å². The van der Waals surface area contributed by atoms with Crippen molar-refractivity contribution in [3.05, 3.63) is 53.8 Å². The van der Waals surface area contributed by atoms with Crippen molar-refractivity contribution < 1.29 is 22.4 Å². The van der Waals surface area contributed by atoms with Crippen LogP contribution in [0.4, 0.5) is 15.8 Å². The van der Waals surface area contributed by atoms with Gasteiger partial charge in [-0.1, -0.05) is 6.07 Å². The molecule has 0 bridgehead atoms. The Morgan fingerprint density at radius 2 is 1.83 bits per heavy atom. The lowest BCUT2D eigenvalue weighted by Crippen LogP contribution is -2.44. The molecule has 1 saturated heterocycles. The number of carbonyl (C=O) groups is 2. The summed E-state index contributed by atoms with van der Waals surface area (Å²) in [6.07, 6.45) is 1.86. The van der Waals surface area contributed by atoms with E-state index in [1.807, 2.05) is 0 Å². The monoisotopic (exact) mass is 431 g/mol. The van der Waals surface area contributed by atoms with Gasteiger partial charge in [-0.25, -0.2) is 12.8 Å². The van der Waals surface area contributed by atoms with Crippen LogP contribution >= 0.6 is 0 Å². The highest BCUT2D eigenvalue weighted by Crippen LogP contribution is 2.35. The molecular weight excluding hydrogens is 409 g/mol. The van der Waals surface area contributed by atoms with Crippen LogP contribution in [-0.2, 0) is 26.0 Å². The number of anilines is 2. The van der Waals surface area contributed by atoms with Crippen molar-refractivity contribution in [3.63, 3.8) is 0 Å². The Morgan fingerprint density at radius 1 is 1.10 bits per heavy atom. The number of carbonyl (C=O) groups excluding carboxylic acids is 2. The van der Waals surface area contributed by atoms with Crippen molar-refractivity contribution in [2.24, 2.45) is 0 Å².